The van der Waals surface area contributed by atoms with Crippen LogP contribution in [0.25, 0.3) is 0 Å². The molecule has 0 aromatic heterocycles. The second-order valence-electron chi connectivity index (χ2n) is 7.03. The lowest BCUT2D eigenvalue weighted by atomic mass is 9.79. The molecule has 0 bridgehead atoms. The van der Waals surface area contributed by atoms with Gasteiger partial charge in [0.1, 0.15) is 0 Å². The van der Waals surface area contributed by atoms with Crippen molar-refractivity contribution in [3.05, 3.63) is 48.0 Å². The molecule has 2 heteroatoms. The van der Waals surface area contributed by atoms with E-state index in [4.69, 9.17) is 4.74 Å². The summed E-state index contributed by atoms with van der Waals surface area (Å²) in [5.41, 5.74) is 1.49. The van der Waals surface area contributed by atoms with Crippen molar-refractivity contribution in [3.63, 3.8) is 0 Å². The molecule has 116 valence electrons. The van der Waals surface area contributed by atoms with Crippen LogP contribution in [0.3, 0.4) is 0 Å². The Morgan fingerprint density at radius 1 is 1.24 bits per heavy atom. The van der Waals surface area contributed by atoms with Crippen LogP contribution >= 0.6 is 0 Å². The molecule has 1 aliphatic heterocycles. The average Bonchev–Trinajstić information content (AvgIpc) is 2.37. The molecule has 0 amide bonds. The molecule has 2 nitrogen and oxygen atoms in total. The third kappa shape index (κ3) is 5.29. The van der Waals surface area contributed by atoms with Crippen LogP contribution in [0.4, 0.5) is 0 Å². The summed E-state index contributed by atoms with van der Waals surface area (Å²) >= 11 is 0. The molecular weight excluding hydrogens is 260 g/mol. The van der Waals surface area contributed by atoms with Crippen LogP contribution in [-0.4, -0.2) is 22.9 Å². The summed E-state index contributed by atoms with van der Waals surface area (Å²) in [7, 11) is 0. The van der Waals surface area contributed by atoms with E-state index in [1.165, 1.54) is 5.56 Å². The van der Waals surface area contributed by atoms with E-state index in [0.717, 1.165) is 31.3 Å². The van der Waals surface area contributed by atoms with Gasteiger partial charge in [-0.15, -0.1) is 0 Å². The molecule has 1 unspecified atom stereocenters. The van der Waals surface area contributed by atoms with Crippen LogP contribution in [0, 0.1) is 0 Å². The number of hydrogen-bond donors (Lipinski definition) is 1. The maximum Gasteiger partial charge on any atom is 0.0712 e. The number of aliphatic hydroxyl groups is 1. The van der Waals surface area contributed by atoms with Gasteiger partial charge in [0.2, 0.25) is 0 Å². The Hall–Kier alpha value is -1.12. The van der Waals surface area contributed by atoms with Crippen molar-refractivity contribution in [3.8, 4) is 0 Å². The smallest absolute Gasteiger partial charge is 0.0712 e. The summed E-state index contributed by atoms with van der Waals surface area (Å²) in [6.07, 6.45) is 5.03. The zero-order chi connectivity index (χ0) is 15.3. The molecule has 0 aliphatic carbocycles. The lowest BCUT2D eigenvalue weighted by Gasteiger charge is -2.39. The second kappa shape index (κ2) is 6.76. The zero-order valence-corrected chi connectivity index (χ0v) is 13.4. The van der Waals surface area contributed by atoms with E-state index in [9.17, 15) is 5.11 Å². The van der Waals surface area contributed by atoms with Gasteiger partial charge in [-0.05, 0) is 51.5 Å². The van der Waals surface area contributed by atoms with Crippen LogP contribution < -0.4 is 0 Å². The van der Waals surface area contributed by atoms with Crippen LogP contribution in [-0.2, 0) is 11.2 Å². The summed E-state index contributed by atoms with van der Waals surface area (Å²) in [6.45, 7) is 8.94. The van der Waals surface area contributed by atoms with Gasteiger partial charge in [0.25, 0.3) is 0 Å². The Morgan fingerprint density at radius 3 is 2.67 bits per heavy atom. The number of benzene rings is 1. The van der Waals surface area contributed by atoms with E-state index in [2.05, 4.69) is 44.7 Å². The molecule has 1 atom stereocenters. The molecular formula is C19H28O2. The SMILES string of the molecule is C=C1CCOC(C)(C)CC(O)(CCCc2ccccc2)C1. The van der Waals surface area contributed by atoms with Gasteiger partial charge in [0.15, 0.2) is 0 Å². The van der Waals surface area contributed by atoms with Crippen LogP contribution in [0.15, 0.2) is 42.5 Å². The van der Waals surface area contributed by atoms with E-state index in [1.54, 1.807) is 0 Å². The van der Waals surface area contributed by atoms with E-state index in [1.807, 2.05) is 6.07 Å². The average molecular weight is 288 g/mol. The minimum atomic E-state index is -0.685. The lowest BCUT2D eigenvalue weighted by Crippen LogP contribution is -2.42. The normalized spacial score (nSPS) is 26.1. The van der Waals surface area contributed by atoms with Crippen molar-refractivity contribution >= 4 is 0 Å². The molecule has 1 aromatic carbocycles. The van der Waals surface area contributed by atoms with Gasteiger partial charge in [0.05, 0.1) is 17.8 Å². The first-order valence-corrected chi connectivity index (χ1v) is 7.96. The van der Waals surface area contributed by atoms with Crippen molar-refractivity contribution in [2.24, 2.45) is 0 Å². The highest BCUT2D eigenvalue weighted by atomic mass is 16.5. The highest BCUT2D eigenvalue weighted by molar-refractivity contribution is 5.14. The fourth-order valence-corrected chi connectivity index (χ4v) is 3.37. The van der Waals surface area contributed by atoms with Crippen LogP contribution in [0.1, 0.15) is 51.5 Å². The molecule has 0 radical (unpaired) electrons. The summed E-state index contributed by atoms with van der Waals surface area (Å²) in [6, 6.07) is 10.5. The Balaban J connectivity index is 1.95. The predicted octanol–water partition coefficient (Wildman–Crippen LogP) is 4.28. The molecule has 1 fully saturated rings. The van der Waals surface area contributed by atoms with E-state index < -0.39 is 5.60 Å². The predicted molar refractivity (Wildman–Crippen MR) is 87.4 cm³/mol. The maximum atomic E-state index is 11.0. The second-order valence-corrected chi connectivity index (χ2v) is 7.03. The summed E-state index contributed by atoms with van der Waals surface area (Å²) in [5.74, 6) is 0. The maximum absolute atomic E-state index is 11.0. The van der Waals surface area contributed by atoms with Gasteiger partial charge >= 0.3 is 0 Å². The van der Waals surface area contributed by atoms with Crippen molar-refractivity contribution in [2.75, 3.05) is 6.61 Å². The number of rotatable bonds is 4. The number of ether oxygens (including phenoxy) is 1. The number of hydrogen-bond acceptors (Lipinski definition) is 2. The van der Waals surface area contributed by atoms with E-state index in [-0.39, 0.29) is 5.60 Å². The first-order valence-electron chi connectivity index (χ1n) is 7.96. The standard InChI is InChI=1S/C19H28O2/c1-16-11-13-21-18(2,3)15-19(20,14-16)12-7-10-17-8-5-4-6-9-17/h4-6,8-9,20H,1,7,10-15H2,2-3H3. The zero-order valence-electron chi connectivity index (χ0n) is 13.4. The number of aryl methyl sites for hydroxylation is 1. The molecule has 0 saturated carbocycles. The van der Waals surface area contributed by atoms with Crippen molar-refractivity contribution in [1.82, 2.24) is 0 Å². The molecule has 0 spiro atoms. The van der Waals surface area contributed by atoms with Gasteiger partial charge in [-0.2, -0.15) is 0 Å². The molecule has 1 aromatic rings. The first kappa shape index (κ1) is 16.3. The molecule has 1 saturated heterocycles. The van der Waals surface area contributed by atoms with E-state index in [0.29, 0.717) is 19.4 Å². The van der Waals surface area contributed by atoms with Crippen LogP contribution in [0.5, 0.6) is 0 Å². The lowest BCUT2D eigenvalue weighted by molar-refractivity contribution is -0.0971. The Kier molecular flexibility index (Phi) is 5.23. The fourth-order valence-electron chi connectivity index (χ4n) is 3.37. The van der Waals surface area contributed by atoms with Crippen molar-refractivity contribution < 1.29 is 9.84 Å². The molecule has 1 heterocycles. The van der Waals surface area contributed by atoms with Gasteiger partial charge in [-0.1, -0.05) is 42.5 Å². The summed E-state index contributed by atoms with van der Waals surface area (Å²) in [4.78, 5) is 0. The van der Waals surface area contributed by atoms with Gasteiger partial charge in [0, 0.05) is 6.42 Å². The molecule has 2 rings (SSSR count). The largest absolute Gasteiger partial charge is 0.389 e. The first-order chi connectivity index (χ1) is 9.89. The van der Waals surface area contributed by atoms with Crippen molar-refractivity contribution in [1.29, 1.82) is 0 Å². The quantitative estimate of drug-likeness (QED) is 0.838. The Morgan fingerprint density at radius 2 is 1.95 bits per heavy atom. The topological polar surface area (TPSA) is 29.5 Å². The monoisotopic (exact) mass is 288 g/mol. The molecule has 1 aliphatic rings. The van der Waals surface area contributed by atoms with E-state index >= 15 is 0 Å². The highest BCUT2D eigenvalue weighted by Gasteiger charge is 2.36. The Labute approximate surface area is 128 Å². The third-order valence-corrected chi connectivity index (χ3v) is 4.23. The Bertz CT molecular complexity index is 464. The van der Waals surface area contributed by atoms with Gasteiger partial charge in [-0.3, -0.25) is 0 Å². The van der Waals surface area contributed by atoms with Gasteiger partial charge in [-0.25, -0.2) is 0 Å². The van der Waals surface area contributed by atoms with Gasteiger partial charge < -0.3 is 9.84 Å². The minimum Gasteiger partial charge on any atom is -0.389 e. The van der Waals surface area contributed by atoms with Crippen LogP contribution in [0.2, 0.25) is 0 Å². The molecule has 1 N–H and O–H groups in total. The summed E-state index contributed by atoms with van der Waals surface area (Å²) in [5, 5.41) is 11.0. The third-order valence-electron chi connectivity index (χ3n) is 4.23. The fraction of sp³-hybridized carbons (Fsp3) is 0.579. The highest BCUT2D eigenvalue weighted by Crippen LogP contribution is 2.35. The molecule has 21 heavy (non-hydrogen) atoms. The summed E-state index contributed by atoms with van der Waals surface area (Å²) < 4.78 is 5.88. The minimum absolute atomic E-state index is 0.262. The van der Waals surface area contributed by atoms with Crippen molar-refractivity contribution in [2.45, 2.75) is 63.6 Å².